The molecule has 1 amide bonds. The monoisotopic (exact) mass is 443 g/mol. The quantitative estimate of drug-likeness (QED) is 0.619. The fourth-order valence-corrected chi connectivity index (χ4v) is 7.54. The highest BCUT2D eigenvalue weighted by atomic mass is 16.2. The standard InChI is InChI=1S/C25H29N7O/c33-24(25-13-17-10-18(14-25)12-19(11-17)15-25)31-8-6-30(7-9-31)22-21-23(27-16-26-22)32(29-28-21)20-4-2-1-3-5-20/h1-5,16-19H,6-15H2. The molecule has 0 N–H and O–H groups in total. The Hall–Kier alpha value is -3.03. The average molecular weight is 444 g/mol. The Kier molecular flexibility index (Phi) is 4.26. The topological polar surface area (TPSA) is 80.0 Å². The molecule has 170 valence electrons. The summed E-state index contributed by atoms with van der Waals surface area (Å²) in [5.41, 5.74) is 2.29. The molecule has 8 heteroatoms. The van der Waals surface area contributed by atoms with Gasteiger partial charge in [0.15, 0.2) is 17.0 Å². The fourth-order valence-electron chi connectivity index (χ4n) is 7.54. The highest BCUT2D eigenvalue weighted by molar-refractivity contribution is 5.85. The number of amides is 1. The van der Waals surface area contributed by atoms with Crippen molar-refractivity contribution in [3.05, 3.63) is 36.7 Å². The van der Waals surface area contributed by atoms with Crippen molar-refractivity contribution in [2.75, 3.05) is 31.1 Å². The van der Waals surface area contributed by atoms with E-state index < -0.39 is 0 Å². The van der Waals surface area contributed by atoms with Gasteiger partial charge in [0, 0.05) is 26.2 Å². The van der Waals surface area contributed by atoms with Gasteiger partial charge in [0.05, 0.1) is 11.1 Å². The largest absolute Gasteiger partial charge is 0.351 e. The number of carbonyl (C=O) groups excluding carboxylic acids is 1. The van der Waals surface area contributed by atoms with E-state index in [0.29, 0.717) is 17.1 Å². The van der Waals surface area contributed by atoms with Gasteiger partial charge < -0.3 is 9.80 Å². The summed E-state index contributed by atoms with van der Waals surface area (Å²) in [5.74, 6) is 3.63. The summed E-state index contributed by atoms with van der Waals surface area (Å²) < 4.78 is 1.76. The van der Waals surface area contributed by atoms with E-state index in [2.05, 4.69) is 30.1 Å². The van der Waals surface area contributed by atoms with E-state index >= 15 is 0 Å². The first-order valence-corrected chi connectivity index (χ1v) is 12.3. The van der Waals surface area contributed by atoms with Crippen LogP contribution >= 0.6 is 0 Å². The van der Waals surface area contributed by atoms with Gasteiger partial charge in [-0.05, 0) is 68.4 Å². The molecule has 3 heterocycles. The van der Waals surface area contributed by atoms with E-state index in [-0.39, 0.29) is 5.41 Å². The van der Waals surface area contributed by atoms with E-state index in [9.17, 15) is 4.79 Å². The minimum Gasteiger partial charge on any atom is -0.351 e. The Labute approximate surface area is 193 Å². The molecule has 4 aliphatic carbocycles. The third-order valence-corrected chi connectivity index (χ3v) is 8.58. The van der Waals surface area contributed by atoms with Crippen LogP contribution in [0.5, 0.6) is 0 Å². The Balaban J connectivity index is 1.10. The second-order valence-electron chi connectivity index (χ2n) is 10.7. The molecule has 1 aliphatic heterocycles. The smallest absolute Gasteiger partial charge is 0.228 e. The molecule has 0 spiro atoms. The summed E-state index contributed by atoms with van der Waals surface area (Å²) in [5, 5.41) is 8.76. The number of piperazine rings is 1. The summed E-state index contributed by atoms with van der Waals surface area (Å²) in [7, 11) is 0. The third kappa shape index (κ3) is 3.06. The van der Waals surface area contributed by atoms with Crippen molar-refractivity contribution in [3.63, 3.8) is 0 Å². The Morgan fingerprint density at radius 1 is 0.879 bits per heavy atom. The SMILES string of the molecule is O=C(N1CCN(c2ncnc3c2nnn3-c2ccccc2)CC1)C12CC3CC(CC(C3)C1)C2. The first-order valence-electron chi connectivity index (χ1n) is 12.3. The lowest BCUT2D eigenvalue weighted by Gasteiger charge is -2.57. The number of fused-ring (bicyclic) bond motifs is 1. The number of aromatic nitrogens is 5. The Morgan fingerprint density at radius 3 is 2.21 bits per heavy atom. The number of para-hydroxylation sites is 1. The summed E-state index contributed by atoms with van der Waals surface area (Å²) >= 11 is 0. The van der Waals surface area contributed by atoms with Gasteiger partial charge in [0.25, 0.3) is 0 Å². The summed E-state index contributed by atoms with van der Waals surface area (Å²) in [6.45, 7) is 3.03. The second kappa shape index (κ2) is 7.23. The molecule has 5 fully saturated rings. The van der Waals surface area contributed by atoms with E-state index in [4.69, 9.17) is 0 Å². The molecule has 8 rings (SSSR count). The predicted octanol–water partition coefficient (Wildman–Crippen LogP) is 3.08. The number of hydrogen-bond donors (Lipinski definition) is 0. The molecule has 1 saturated heterocycles. The maximum absolute atomic E-state index is 13.7. The minimum absolute atomic E-state index is 0.0581. The van der Waals surface area contributed by atoms with Crippen LogP contribution in [0.2, 0.25) is 0 Å². The lowest BCUT2D eigenvalue weighted by molar-refractivity contribution is -0.158. The second-order valence-corrected chi connectivity index (χ2v) is 10.7. The molecule has 0 radical (unpaired) electrons. The van der Waals surface area contributed by atoms with Crippen molar-refractivity contribution in [3.8, 4) is 5.69 Å². The van der Waals surface area contributed by atoms with Crippen LogP contribution in [-0.4, -0.2) is 61.9 Å². The lowest BCUT2D eigenvalue weighted by Crippen LogP contribution is -2.58. The lowest BCUT2D eigenvalue weighted by atomic mass is 9.49. The number of rotatable bonds is 3. The molecule has 3 aromatic rings. The maximum atomic E-state index is 13.7. The highest BCUT2D eigenvalue weighted by Crippen LogP contribution is 2.60. The molecule has 33 heavy (non-hydrogen) atoms. The van der Waals surface area contributed by atoms with Crippen molar-refractivity contribution in [1.29, 1.82) is 0 Å². The molecule has 1 aromatic carbocycles. The van der Waals surface area contributed by atoms with Gasteiger partial charge in [-0.3, -0.25) is 4.79 Å². The molecule has 2 aromatic heterocycles. The van der Waals surface area contributed by atoms with Gasteiger partial charge >= 0.3 is 0 Å². The zero-order valence-electron chi connectivity index (χ0n) is 18.8. The number of hydrogen-bond acceptors (Lipinski definition) is 6. The van der Waals surface area contributed by atoms with Crippen molar-refractivity contribution in [2.45, 2.75) is 38.5 Å². The molecule has 5 aliphatic rings. The van der Waals surface area contributed by atoms with Gasteiger partial charge in [-0.2, -0.15) is 4.68 Å². The maximum Gasteiger partial charge on any atom is 0.228 e. The van der Waals surface area contributed by atoms with E-state index in [0.717, 1.165) is 74.7 Å². The van der Waals surface area contributed by atoms with Crippen LogP contribution in [-0.2, 0) is 4.79 Å². The molecular weight excluding hydrogens is 414 g/mol. The van der Waals surface area contributed by atoms with Crippen LogP contribution in [0.3, 0.4) is 0 Å². The summed E-state index contributed by atoms with van der Waals surface area (Å²) in [4.78, 5) is 27.1. The zero-order valence-corrected chi connectivity index (χ0v) is 18.8. The first kappa shape index (κ1) is 19.4. The molecule has 0 atom stereocenters. The van der Waals surface area contributed by atoms with Crippen LogP contribution in [0, 0.1) is 23.2 Å². The van der Waals surface area contributed by atoms with E-state index in [1.165, 1.54) is 19.3 Å². The van der Waals surface area contributed by atoms with Crippen molar-refractivity contribution < 1.29 is 4.79 Å². The third-order valence-electron chi connectivity index (χ3n) is 8.58. The zero-order chi connectivity index (χ0) is 22.0. The van der Waals surface area contributed by atoms with Crippen LogP contribution in [0.25, 0.3) is 16.9 Å². The Bertz CT molecular complexity index is 1160. The van der Waals surface area contributed by atoms with Gasteiger partial charge in [0.2, 0.25) is 5.91 Å². The molecule has 4 saturated carbocycles. The van der Waals surface area contributed by atoms with Gasteiger partial charge in [0.1, 0.15) is 6.33 Å². The van der Waals surface area contributed by atoms with Crippen LogP contribution in [0.1, 0.15) is 38.5 Å². The minimum atomic E-state index is -0.0581. The predicted molar refractivity (Wildman–Crippen MR) is 124 cm³/mol. The van der Waals surface area contributed by atoms with Gasteiger partial charge in [-0.25, -0.2) is 9.97 Å². The molecular formula is C25H29N7O. The summed E-state index contributed by atoms with van der Waals surface area (Å²) in [6, 6.07) is 9.92. The Morgan fingerprint density at radius 2 is 1.55 bits per heavy atom. The van der Waals surface area contributed by atoms with Crippen molar-refractivity contribution in [1.82, 2.24) is 29.9 Å². The normalized spacial score (nSPS) is 30.8. The fraction of sp³-hybridized carbons (Fsp3) is 0.560. The van der Waals surface area contributed by atoms with Crippen LogP contribution in [0.15, 0.2) is 36.7 Å². The molecule has 0 unspecified atom stereocenters. The van der Waals surface area contributed by atoms with Gasteiger partial charge in [-0.1, -0.05) is 23.4 Å². The van der Waals surface area contributed by atoms with Crippen LogP contribution < -0.4 is 4.90 Å². The van der Waals surface area contributed by atoms with Crippen molar-refractivity contribution >= 4 is 22.9 Å². The van der Waals surface area contributed by atoms with Crippen LogP contribution in [0.4, 0.5) is 5.82 Å². The number of carbonyl (C=O) groups is 1. The molecule has 8 nitrogen and oxygen atoms in total. The van der Waals surface area contributed by atoms with Crippen molar-refractivity contribution in [2.24, 2.45) is 23.2 Å². The van der Waals surface area contributed by atoms with Gasteiger partial charge in [-0.15, -0.1) is 5.10 Å². The average Bonchev–Trinajstić information content (AvgIpc) is 3.28. The first-order chi connectivity index (χ1) is 16.2. The van der Waals surface area contributed by atoms with E-state index in [1.807, 2.05) is 30.3 Å². The highest BCUT2D eigenvalue weighted by Gasteiger charge is 2.55. The number of nitrogens with zero attached hydrogens (tertiary/aromatic N) is 7. The van der Waals surface area contributed by atoms with E-state index in [1.54, 1.807) is 11.0 Å². The summed E-state index contributed by atoms with van der Waals surface area (Å²) in [6.07, 6.45) is 9.09. The number of benzene rings is 1. The number of anilines is 1. The molecule has 4 bridgehead atoms.